The molecular weight excluding hydrogens is 553 g/mol. The third-order valence-electron chi connectivity index (χ3n) is 9.97. The van der Waals surface area contributed by atoms with Gasteiger partial charge in [-0.15, -0.1) is 0 Å². The smallest absolute Gasteiger partial charge is 0.00134 e. The molecule has 212 valence electrons. The molecule has 0 atom stereocenters. The summed E-state index contributed by atoms with van der Waals surface area (Å²) in [4.78, 5) is 0. The number of benzene rings is 9. The van der Waals surface area contributed by atoms with Crippen LogP contribution in [0, 0.1) is 0 Å². The summed E-state index contributed by atoms with van der Waals surface area (Å²) in [6.07, 6.45) is 0. The van der Waals surface area contributed by atoms with E-state index >= 15 is 0 Å². The van der Waals surface area contributed by atoms with Gasteiger partial charge in [-0.3, -0.25) is 0 Å². The second kappa shape index (κ2) is 9.76. The van der Waals surface area contributed by atoms with Crippen LogP contribution in [0.2, 0.25) is 0 Å². The third kappa shape index (κ3) is 3.68. The van der Waals surface area contributed by atoms with Crippen molar-refractivity contribution in [3.8, 4) is 55.6 Å². The summed E-state index contributed by atoms with van der Waals surface area (Å²) in [6, 6.07) is 62.7. The molecule has 0 aliphatic heterocycles. The van der Waals surface area contributed by atoms with Crippen LogP contribution in [0.25, 0.3) is 98.7 Å². The molecule has 1 aliphatic rings. The molecule has 0 nitrogen and oxygen atoms in total. The van der Waals surface area contributed by atoms with Gasteiger partial charge in [0.1, 0.15) is 0 Å². The molecule has 0 bridgehead atoms. The van der Waals surface area contributed by atoms with E-state index in [1.807, 2.05) is 0 Å². The first-order valence-electron chi connectivity index (χ1n) is 16.0. The van der Waals surface area contributed by atoms with Crippen LogP contribution < -0.4 is 0 Å². The first-order chi connectivity index (χ1) is 22.8. The van der Waals surface area contributed by atoms with Gasteiger partial charge in [-0.05, 0) is 117 Å². The standard InChI is InChI=1S/C46H28/c1-2-10-29(11-3-1)31-21-22-37-32(26-31)16-9-19-36(37)33-14-8-15-34(27-33)40-24-25-42-44-38-17-6-4-12-30(38)20-23-41(44)43-28-35-13-5-7-18-39(35)45(40)46(42)43/h1-28H. The molecule has 0 aromatic heterocycles. The fourth-order valence-corrected chi connectivity index (χ4v) is 7.89. The lowest BCUT2D eigenvalue weighted by atomic mass is 9.88. The summed E-state index contributed by atoms with van der Waals surface area (Å²) in [5.41, 5.74) is 12.9. The molecular formula is C46H28. The van der Waals surface area contributed by atoms with Crippen molar-refractivity contribution >= 4 is 43.1 Å². The SMILES string of the molecule is c1ccc(-c2ccc3c(-c4cccc(-c5ccc6c7c(cc8ccccc8c57)-c5ccc7ccccc7c5-6)c4)cccc3c2)cc1. The Hall–Kier alpha value is -5.98. The molecule has 0 heteroatoms. The Balaban J connectivity index is 1.19. The molecule has 9 aromatic rings. The van der Waals surface area contributed by atoms with Crippen molar-refractivity contribution in [3.63, 3.8) is 0 Å². The van der Waals surface area contributed by atoms with Crippen LogP contribution in [0.15, 0.2) is 170 Å². The maximum absolute atomic E-state index is 2.40. The number of rotatable bonds is 3. The summed E-state index contributed by atoms with van der Waals surface area (Å²) >= 11 is 0. The average Bonchev–Trinajstić information content (AvgIpc) is 3.46. The molecule has 10 rings (SSSR count). The lowest BCUT2D eigenvalue weighted by Crippen LogP contribution is -1.88. The molecule has 46 heavy (non-hydrogen) atoms. The van der Waals surface area contributed by atoms with Crippen LogP contribution in [0.5, 0.6) is 0 Å². The van der Waals surface area contributed by atoms with E-state index in [0.29, 0.717) is 0 Å². The van der Waals surface area contributed by atoms with Crippen molar-refractivity contribution in [1.82, 2.24) is 0 Å². The second-order valence-electron chi connectivity index (χ2n) is 12.5. The molecule has 0 saturated heterocycles. The van der Waals surface area contributed by atoms with Crippen LogP contribution in [-0.4, -0.2) is 0 Å². The van der Waals surface area contributed by atoms with Gasteiger partial charge in [-0.2, -0.15) is 0 Å². The first kappa shape index (κ1) is 25.4. The lowest BCUT2D eigenvalue weighted by molar-refractivity contribution is 1.62. The summed E-state index contributed by atoms with van der Waals surface area (Å²) in [7, 11) is 0. The van der Waals surface area contributed by atoms with Gasteiger partial charge in [0.05, 0.1) is 0 Å². The van der Waals surface area contributed by atoms with Crippen molar-refractivity contribution < 1.29 is 0 Å². The molecule has 0 N–H and O–H groups in total. The van der Waals surface area contributed by atoms with Crippen LogP contribution in [-0.2, 0) is 0 Å². The monoisotopic (exact) mass is 580 g/mol. The van der Waals surface area contributed by atoms with E-state index in [9.17, 15) is 0 Å². The normalized spacial score (nSPS) is 11.9. The van der Waals surface area contributed by atoms with Crippen LogP contribution in [0.1, 0.15) is 0 Å². The number of fused-ring (bicyclic) bond motifs is 8. The Kier molecular flexibility index (Phi) is 5.38. The third-order valence-corrected chi connectivity index (χ3v) is 9.97. The highest BCUT2D eigenvalue weighted by molar-refractivity contribution is 6.29. The van der Waals surface area contributed by atoms with Gasteiger partial charge in [0, 0.05) is 0 Å². The Morgan fingerprint density at radius 1 is 0.239 bits per heavy atom. The van der Waals surface area contributed by atoms with E-state index in [4.69, 9.17) is 0 Å². The topological polar surface area (TPSA) is 0 Å². The van der Waals surface area contributed by atoms with Gasteiger partial charge in [0.25, 0.3) is 0 Å². The van der Waals surface area contributed by atoms with Crippen LogP contribution in [0.4, 0.5) is 0 Å². The van der Waals surface area contributed by atoms with Gasteiger partial charge >= 0.3 is 0 Å². The molecule has 0 amide bonds. The molecule has 0 spiro atoms. The quantitative estimate of drug-likeness (QED) is 0.182. The fraction of sp³-hybridized carbons (Fsp3) is 0. The highest BCUT2D eigenvalue weighted by Crippen LogP contribution is 2.53. The highest BCUT2D eigenvalue weighted by Gasteiger charge is 2.26. The van der Waals surface area contributed by atoms with E-state index in [1.165, 1.54) is 98.7 Å². The van der Waals surface area contributed by atoms with E-state index in [-0.39, 0.29) is 0 Å². The maximum Gasteiger partial charge on any atom is -0.00134 e. The summed E-state index contributed by atoms with van der Waals surface area (Å²) in [6.45, 7) is 0. The molecule has 0 radical (unpaired) electrons. The molecule has 9 aromatic carbocycles. The maximum atomic E-state index is 2.40. The second-order valence-corrected chi connectivity index (χ2v) is 12.5. The van der Waals surface area contributed by atoms with E-state index < -0.39 is 0 Å². The van der Waals surface area contributed by atoms with Gasteiger partial charge in [-0.25, -0.2) is 0 Å². The van der Waals surface area contributed by atoms with Gasteiger partial charge in [0.15, 0.2) is 0 Å². The largest absolute Gasteiger partial charge is 0.0622 e. The fourth-order valence-electron chi connectivity index (χ4n) is 7.89. The molecule has 0 saturated carbocycles. The molecule has 0 heterocycles. The molecule has 0 unspecified atom stereocenters. The molecule has 1 aliphatic carbocycles. The first-order valence-corrected chi connectivity index (χ1v) is 16.0. The predicted octanol–water partition coefficient (Wildman–Crippen LogP) is 12.9. The van der Waals surface area contributed by atoms with Gasteiger partial charge < -0.3 is 0 Å². The van der Waals surface area contributed by atoms with Crippen molar-refractivity contribution in [1.29, 1.82) is 0 Å². The zero-order chi connectivity index (χ0) is 30.2. The summed E-state index contributed by atoms with van der Waals surface area (Å²) < 4.78 is 0. The van der Waals surface area contributed by atoms with Gasteiger partial charge in [-0.1, -0.05) is 152 Å². The predicted molar refractivity (Wildman–Crippen MR) is 197 cm³/mol. The Bertz CT molecular complexity index is 2680. The number of hydrogen-bond donors (Lipinski definition) is 0. The minimum Gasteiger partial charge on any atom is -0.0622 e. The highest BCUT2D eigenvalue weighted by atomic mass is 14.3. The zero-order valence-electron chi connectivity index (χ0n) is 25.2. The minimum absolute atomic E-state index is 1.23. The van der Waals surface area contributed by atoms with E-state index in [2.05, 4.69) is 170 Å². The Morgan fingerprint density at radius 2 is 0.891 bits per heavy atom. The van der Waals surface area contributed by atoms with Gasteiger partial charge in [0.2, 0.25) is 0 Å². The van der Waals surface area contributed by atoms with E-state index in [0.717, 1.165) is 0 Å². The Morgan fingerprint density at radius 3 is 1.78 bits per heavy atom. The zero-order valence-corrected chi connectivity index (χ0v) is 25.2. The Labute approximate surface area is 267 Å². The van der Waals surface area contributed by atoms with E-state index in [1.54, 1.807) is 0 Å². The lowest BCUT2D eigenvalue weighted by Gasteiger charge is -2.15. The van der Waals surface area contributed by atoms with Crippen molar-refractivity contribution in [3.05, 3.63) is 170 Å². The van der Waals surface area contributed by atoms with Crippen molar-refractivity contribution in [2.75, 3.05) is 0 Å². The van der Waals surface area contributed by atoms with Crippen molar-refractivity contribution in [2.45, 2.75) is 0 Å². The van der Waals surface area contributed by atoms with Crippen molar-refractivity contribution in [2.24, 2.45) is 0 Å². The summed E-state index contributed by atoms with van der Waals surface area (Å²) in [5.74, 6) is 0. The number of hydrogen-bond acceptors (Lipinski definition) is 0. The minimum atomic E-state index is 1.23. The average molecular weight is 581 g/mol. The molecule has 0 fully saturated rings. The van der Waals surface area contributed by atoms with Crippen LogP contribution in [0.3, 0.4) is 0 Å². The van der Waals surface area contributed by atoms with Crippen LogP contribution >= 0.6 is 0 Å². The summed E-state index contributed by atoms with van der Waals surface area (Å²) in [5, 5.41) is 10.4.